The molecule has 2 bridgehead atoms. The second-order valence-corrected chi connectivity index (χ2v) is 17.1. The number of aliphatic carboxylic acids is 1. The number of nitrogens with one attached hydrogen (secondary N) is 5. The Morgan fingerprint density at radius 3 is 1.85 bits per heavy atom. The Morgan fingerprint density at radius 2 is 1.21 bits per heavy atom. The van der Waals surface area contributed by atoms with Crippen LogP contribution in [-0.2, 0) is 60.9 Å². The van der Waals surface area contributed by atoms with Crippen LogP contribution in [0.1, 0.15) is 33.6 Å². The van der Waals surface area contributed by atoms with Crippen molar-refractivity contribution in [1.82, 2.24) is 26.6 Å². The van der Waals surface area contributed by atoms with Crippen LogP contribution in [0.2, 0.25) is 0 Å². The monoisotopic (exact) mass is 905 g/mol. The Kier molecular flexibility index (Phi) is 16.1. The SMILES string of the molecule is O=C1COc2ccc(cc2)C[C@@H](C(=O)N[C@H](Cc2ccccc2)C(=O)O)NC(=O)[C@H](CCc2ccccc2)NC(=O)[C@@H](Cc2ccc(-c3ccccc3)cc2)NC(=O)[C@H](Cc2cccs2)N1. The first-order valence-corrected chi connectivity index (χ1v) is 22.6. The molecule has 5 atom stereocenters. The lowest BCUT2D eigenvalue weighted by molar-refractivity contribution is -0.142. The zero-order chi connectivity index (χ0) is 46.3. The number of amides is 5. The van der Waals surface area contributed by atoms with Gasteiger partial charge in [0.25, 0.3) is 5.91 Å². The van der Waals surface area contributed by atoms with Gasteiger partial charge in [-0.3, -0.25) is 24.0 Å². The van der Waals surface area contributed by atoms with Gasteiger partial charge in [-0.15, -0.1) is 11.3 Å². The fourth-order valence-electron chi connectivity index (χ4n) is 7.66. The highest BCUT2D eigenvalue weighted by atomic mass is 32.1. The molecule has 5 amide bonds. The first-order valence-electron chi connectivity index (χ1n) is 21.8. The van der Waals surface area contributed by atoms with Crippen LogP contribution in [0.3, 0.4) is 0 Å². The van der Waals surface area contributed by atoms with Crippen LogP contribution in [0.5, 0.6) is 5.75 Å². The Labute approximate surface area is 387 Å². The van der Waals surface area contributed by atoms with Crippen LogP contribution in [0.15, 0.2) is 157 Å². The molecule has 0 saturated heterocycles. The summed E-state index contributed by atoms with van der Waals surface area (Å²) in [5.74, 6) is -4.22. The minimum atomic E-state index is -1.32. The number of carbonyl (C=O) groups excluding carboxylic acids is 5. The second kappa shape index (κ2) is 22.9. The van der Waals surface area contributed by atoms with Crippen molar-refractivity contribution in [3.8, 4) is 16.9 Å². The first-order chi connectivity index (χ1) is 32.1. The van der Waals surface area contributed by atoms with Crippen molar-refractivity contribution in [3.63, 3.8) is 0 Å². The molecule has 2 aliphatic heterocycles. The average Bonchev–Trinajstić information content (AvgIpc) is 3.85. The summed E-state index contributed by atoms with van der Waals surface area (Å²) in [7, 11) is 0. The molecule has 0 fully saturated rings. The summed E-state index contributed by atoms with van der Waals surface area (Å²) in [5.41, 5.74) is 4.85. The van der Waals surface area contributed by atoms with Crippen molar-refractivity contribution >= 4 is 46.8 Å². The largest absolute Gasteiger partial charge is 0.484 e. The van der Waals surface area contributed by atoms with E-state index in [1.807, 2.05) is 102 Å². The molecule has 66 heavy (non-hydrogen) atoms. The standard InChI is InChI=1S/C52H51N5O8S/c58-47-33-65-40-25-20-37(21-26-40)30-44(50(61)57-46(52(63)64)31-35-13-6-2-7-14-35)55-48(59)42(27-22-34-11-4-1-5-12-34)54-49(60)43(56-51(62)45(53-47)32-41-17-10-28-66-41)29-36-18-23-39(24-19-36)38-15-8-3-9-16-38/h1-21,23-26,28,42-46H,22,27,29-33H2,(H,53,58)(H,54,60)(H,55,59)(H,56,62)(H,57,61)(H,63,64)/t42-,43+,44-,45-,46+/m0/s1. The molecule has 6 N–H and O–H groups in total. The molecule has 338 valence electrons. The predicted octanol–water partition coefficient (Wildman–Crippen LogP) is 5.22. The molecule has 0 radical (unpaired) electrons. The van der Waals surface area contributed by atoms with Gasteiger partial charge in [0.2, 0.25) is 23.6 Å². The number of carbonyl (C=O) groups is 6. The Bertz CT molecular complexity index is 2560. The molecule has 0 unspecified atom stereocenters. The van der Waals surface area contributed by atoms with Crippen molar-refractivity contribution in [3.05, 3.63) is 184 Å². The molecule has 1 aromatic heterocycles. The zero-order valence-electron chi connectivity index (χ0n) is 36.1. The molecule has 13 nitrogen and oxygen atoms in total. The summed E-state index contributed by atoms with van der Waals surface area (Å²) in [4.78, 5) is 84.5. The maximum absolute atomic E-state index is 14.7. The number of rotatable bonds is 13. The molecule has 8 rings (SSSR count). The molecule has 6 aromatic rings. The van der Waals surface area contributed by atoms with E-state index in [1.54, 1.807) is 54.6 Å². The van der Waals surface area contributed by atoms with Gasteiger partial charge in [0.05, 0.1) is 0 Å². The van der Waals surface area contributed by atoms with E-state index in [2.05, 4.69) is 26.6 Å². The van der Waals surface area contributed by atoms with Gasteiger partial charge in [0, 0.05) is 30.6 Å². The van der Waals surface area contributed by atoms with Crippen molar-refractivity contribution in [2.24, 2.45) is 0 Å². The van der Waals surface area contributed by atoms with Crippen LogP contribution >= 0.6 is 11.3 Å². The third-order valence-electron chi connectivity index (χ3n) is 11.2. The minimum Gasteiger partial charge on any atom is -0.484 e. The smallest absolute Gasteiger partial charge is 0.326 e. The van der Waals surface area contributed by atoms with E-state index in [1.165, 1.54) is 11.3 Å². The minimum absolute atomic E-state index is 0.00573. The average molecular weight is 906 g/mol. The summed E-state index contributed by atoms with van der Waals surface area (Å²) in [6.07, 6.45) is 0.578. The molecular formula is C52H51N5O8S. The molecule has 0 saturated carbocycles. The molecule has 14 heteroatoms. The third kappa shape index (κ3) is 13.5. The van der Waals surface area contributed by atoms with Gasteiger partial charge in [-0.1, -0.05) is 133 Å². The van der Waals surface area contributed by atoms with Crippen molar-refractivity contribution in [2.45, 2.75) is 68.7 Å². The van der Waals surface area contributed by atoms with Gasteiger partial charge >= 0.3 is 5.97 Å². The normalized spacial score (nSPS) is 18.7. The van der Waals surface area contributed by atoms with Crippen LogP contribution in [0.4, 0.5) is 0 Å². The maximum Gasteiger partial charge on any atom is 0.326 e. The van der Waals surface area contributed by atoms with E-state index in [9.17, 15) is 33.9 Å². The molecule has 0 aliphatic carbocycles. The number of aryl methyl sites for hydroxylation is 1. The van der Waals surface area contributed by atoms with E-state index in [0.717, 1.165) is 27.1 Å². The van der Waals surface area contributed by atoms with E-state index in [-0.39, 0.29) is 32.1 Å². The van der Waals surface area contributed by atoms with Crippen LogP contribution in [-0.4, -0.2) is 77.4 Å². The van der Waals surface area contributed by atoms with E-state index in [4.69, 9.17) is 4.74 Å². The highest BCUT2D eigenvalue weighted by molar-refractivity contribution is 7.09. The van der Waals surface area contributed by atoms with Crippen LogP contribution in [0, 0.1) is 0 Å². The van der Waals surface area contributed by atoms with E-state index >= 15 is 0 Å². The second-order valence-electron chi connectivity index (χ2n) is 16.1. The van der Waals surface area contributed by atoms with Crippen molar-refractivity contribution < 1.29 is 38.6 Å². The maximum atomic E-state index is 14.7. The van der Waals surface area contributed by atoms with Crippen LogP contribution < -0.4 is 31.3 Å². The number of carboxylic acid groups (broad SMARTS) is 1. The summed E-state index contributed by atoms with van der Waals surface area (Å²) in [6.45, 7) is -0.423. The highest BCUT2D eigenvalue weighted by Crippen LogP contribution is 2.21. The number of hydrogen-bond donors (Lipinski definition) is 6. The lowest BCUT2D eigenvalue weighted by Crippen LogP contribution is -2.60. The molecule has 5 aromatic carbocycles. The Balaban J connectivity index is 1.22. The third-order valence-corrected chi connectivity index (χ3v) is 12.1. The summed E-state index contributed by atoms with van der Waals surface area (Å²) >= 11 is 1.42. The summed E-state index contributed by atoms with van der Waals surface area (Å²) in [6, 6.07) is 39.8. The van der Waals surface area contributed by atoms with Crippen molar-refractivity contribution in [1.29, 1.82) is 0 Å². The molecule has 3 heterocycles. The Hall–Kier alpha value is -7.58. The predicted molar refractivity (Wildman–Crippen MR) is 251 cm³/mol. The number of hydrogen-bond acceptors (Lipinski definition) is 8. The first kappa shape index (κ1) is 46.4. The zero-order valence-corrected chi connectivity index (χ0v) is 36.9. The lowest BCUT2D eigenvalue weighted by Gasteiger charge is -2.27. The molecule has 0 spiro atoms. The van der Waals surface area contributed by atoms with Gasteiger partial charge in [-0.05, 0) is 69.8 Å². The number of benzene rings is 5. The number of fused-ring (bicyclic) bond motifs is 16. The molecule has 2 aliphatic rings. The van der Waals surface area contributed by atoms with Gasteiger partial charge in [0.1, 0.15) is 36.0 Å². The van der Waals surface area contributed by atoms with Gasteiger partial charge in [-0.25, -0.2) is 4.79 Å². The topological polar surface area (TPSA) is 192 Å². The van der Waals surface area contributed by atoms with Crippen molar-refractivity contribution in [2.75, 3.05) is 6.61 Å². The fourth-order valence-corrected chi connectivity index (χ4v) is 8.42. The summed E-state index contributed by atoms with van der Waals surface area (Å²) < 4.78 is 5.80. The van der Waals surface area contributed by atoms with Gasteiger partial charge in [-0.2, -0.15) is 0 Å². The lowest BCUT2D eigenvalue weighted by atomic mass is 9.99. The van der Waals surface area contributed by atoms with Crippen LogP contribution in [0.25, 0.3) is 11.1 Å². The number of thiophene rings is 1. The fraction of sp³-hybridized carbons (Fsp3) is 0.231. The Morgan fingerprint density at radius 1 is 0.621 bits per heavy atom. The molecular weight excluding hydrogens is 855 g/mol. The highest BCUT2D eigenvalue weighted by Gasteiger charge is 2.33. The van der Waals surface area contributed by atoms with Gasteiger partial charge < -0.3 is 36.4 Å². The summed E-state index contributed by atoms with van der Waals surface area (Å²) in [5, 5.41) is 26.1. The quantitative estimate of drug-likeness (QED) is 0.0851. The number of ether oxygens (including phenoxy) is 1. The van der Waals surface area contributed by atoms with Gasteiger partial charge in [0.15, 0.2) is 6.61 Å². The van der Waals surface area contributed by atoms with E-state index in [0.29, 0.717) is 23.3 Å². The number of carboxylic acids is 1. The van der Waals surface area contributed by atoms with E-state index < -0.39 is 72.3 Å².